The molecule has 2 rings (SSSR count). The fraction of sp³-hybridized carbons (Fsp3) is 0.182. The first-order chi connectivity index (χ1) is 8.50. The highest BCUT2D eigenvalue weighted by atomic mass is 79.9. The average molecular weight is 369 g/mol. The van der Waals surface area contributed by atoms with Gasteiger partial charge < -0.3 is 9.88 Å². The Balaban J connectivity index is 2.16. The first kappa shape index (κ1) is 14.0. The summed E-state index contributed by atoms with van der Waals surface area (Å²) in [5, 5.41) is 4.73. The number of halogens is 4. The van der Waals surface area contributed by atoms with Gasteiger partial charge in [-0.15, -0.1) is 0 Å². The largest absolute Gasteiger partial charge is 0.377 e. The quantitative estimate of drug-likeness (QED) is 0.791. The Labute approximate surface area is 128 Å². The number of nitrogens with one attached hydrogen (secondary N) is 1. The molecule has 0 spiro atoms. The lowest BCUT2D eigenvalue weighted by Gasteiger charge is -2.10. The minimum Gasteiger partial charge on any atom is -0.377 e. The number of imidazole rings is 1. The molecule has 96 valence electrons. The van der Waals surface area contributed by atoms with Crippen molar-refractivity contribution in [1.29, 1.82) is 0 Å². The Bertz CT molecular complexity index is 583. The van der Waals surface area contributed by atoms with Crippen molar-refractivity contribution < 1.29 is 0 Å². The van der Waals surface area contributed by atoms with E-state index in [9.17, 15) is 0 Å². The molecule has 0 atom stereocenters. The van der Waals surface area contributed by atoms with E-state index in [1.807, 2.05) is 19.2 Å². The lowest BCUT2D eigenvalue weighted by molar-refractivity contribution is 0.813. The molecule has 0 fully saturated rings. The van der Waals surface area contributed by atoms with Gasteiger partial charge in [-0.1, -0.05) is 34.8 Å². The SMILES string of the molecule is Cn1c(Cl)cnc1CNc1ccc(Br)c(Cl)c1Cl. The van der Waals surface area contributed by atoms with Gasteiger partial charge in [-0.2, -0.15) is 0 Å². The molecule has 3 nitrogen and oxygen atoms in total. The predicted octanol–water partition coefficient (Wildman–Crippen LogP) is 4.75. The number of aromatic nitrogens is 2. The van der Waals surface area contributed by atoms with Crippen LogP contribution in [0.2, 0.25) is 15.2 Å². The Morgan fingerprint density at radius 2 is 2.00 bits per heavy atom. The number of benzene rings is 1. The van der Waals surface area contributed by atoms with Gasteiger partial charge in [-0.05, 0) is 28.1 Å². The smallest absolute Gasteiger partial charge is 0.128 e. The Hall–Kier alpha value is -0.420. The summed E-state index contributed by atoms with van der Waals surface area (Å²) in [5.41, 5.74) is 0.754. The van der Waals surface area contributed by atoms with Gasteiger partial charge in [0.1, 0.15) is 11.0 Å². The van der Waals surface area contributed by atoms with Crippen LogP contribution in [0, 0.1) is 0 Å². The molecule has 0 aliphatic rings. The molecular formula is C11H9BrCl3N3. The number of anilines is 1. The van der Waals surface area contributed by atoms with Crippen molar-refractivity contribution in [2.45, 2.75) is 6.54 Å². The van der Waals surface area contributed by atoms with Gasteiger partial charge >= 0.3 is 0 Å². The monoisotopic (exact) mass is 367 g/mol. The third-order valence-electron chi connectivity index (χ3n) is 2.50. The van der Waals surface area contributed by atoms with Gasteiger partial charge in [0.25, 0.3) is 0 Å². The predicted molar refractivity (Wildman–Crippen MR) is 79.7 cm³/mol. The van der Waals surface area contributed by atoms with Crippen LogP contribution < -0.4 is 5.32 Å². The second-order valence-corrected chi connectivity index (χ2v) is 5.63. The van der Waals surface area contributed by atoms with Crippen LogP contribution in [0.3, 0.4) is 0 Å². The number of nitrogens with zero attached hydrogens (tertiary/aromatic N) is 2. The van der Waals surface area contributed by atoms with Crippen LogP contribution in [0.15, 0.2) is 22.8 Å². The van der Waals surface area contributed by atoms with Crippen molar-refractivity contribution in [2.24, 2.45) is 7.05 Å². The lowest BCUT2D eigenvalue weighted by Crippen LogP contribution is -2.06. The van der Waals surface area contributed by atoms with Crippen LogP contribution in [-0.4, -0.2) is 9.55 Å². The van der Waals surface area contributed by atoms with Gasteiger partial charge in [-0.3, -0.25) is 0 Å². The van der Waals surface area contributed by atoms with E-state index < -0.39 is 0 Å². The van der Waals surface area contributed by atoms with Crippen molar-refractivity contribution in [3.8, 4) is 0 Å². The molecule has 2 aromatic rings. The number of rotatable bonds is 3. The lowest BCUT2D eigenvalue weighted by atomic mass is 10.3. The summed E-state index contributed by atoms with van der Waals surface area (Å²) in [6, 6.07) is 3.69. The first-order valence-corrected chi connectivity index (χ1v) is 6.97. The molecule has 7 heteroatoms. The second kappa shape index (κ2) is 5.70. The van der Waals surface area contributed by atoms with Gasteiger partial charge in [0.05, 0.1) is 28.5 Å². The highest BCUT2D eigenvalue weighted by molar-refractivity contribution is 9.10. The zero-order valence-corrected chi connectivity index (χ0v) is 13.2. The van der Waals surface area contributed by atoms with Crippen LogP contribution in [0.4, 0.5) is 5.69 Å². The molecule has 0 radical (unpaired) electrons. The van der Waals surface area contributed by atoms with Gasteiger partial charge in [-0.25, -0.2) is 4.98 Å². The molecule has 1 aromatic heterocycles. The minimum absolute atomic E-state index is 0.478. The summed E-state index contributed by atoms with van der Waals surface area (Å²) in [5.74, 6) is 0.815. The molecule has 0 saturated carbocycles. The summed E-state index contributed by atoms with van der Waals surface area (Å²) >= 11 is 21.4. The maximum Gasteiger partial charge on any atom is 0.128 e. The summed E-state index contributed by atoms with van der Waals surface area (Å²) in [4.78, 5) is 4.18. The molecule has 0 bridgehead atoms. The molecular weight excluding hydrogens is 360 g/mol. The zero-order chi connectivity index (χ0) is 13.3. The van der Waals surface area contributed by atoms with Gasteiger partial charge in [0, 0.05) is 11.5 Å². The van der Waals surface area contributed by atoms with Crippen molar-refractivity contribution in [3.05, 3.63) is 43.8 Å². The number of hydrogen-bond donors (Lipinski definition) is 1. The molecule has 0 unspecified atom stereocenters. The van der Waals surface area contributed by atoms with E-state index in [0.717, 1.165) is 16.0 Å². The molecule has 18 heavy (non-hydrogen) atoms. The Morgan fingerprint density at radius 1 is 1.28 bits per heavy atom. The van der Waals surface area contributed by atoms with Crippen LogP contribution in [0.5, 0.6) is 0 Å². The van der Waals surface area contributed by atoms with Crippen LogP contribution in [0.25, 0.3) is 0 Å². The van der Waals surface area contributed by atoms with Crippen LogP contribution in [-0.2, 0) is 13.6 Å². The third-order valence-corrected chi connectivity index (χ3v) is 4.62. The van der Waals surface area contributed by atoms with Crippen molar-refractivity contribution in [2.75, 3.05) is 5.32 Å². The molecule has 1 aromatic carbocycles. The fourth-order valence-electron chi connectivity index (χ4n) is 1.43. The highest BCUT2D eigenvalue weighted by Gasteiger charge is 2.09. The van der Waals surface area contributed by atoms with Crippen molar-refractivity contribution >= 4 is 56.4 Å². The summed E-state index contributed by atoms with van der Waals surface area (Å²) in [6.07, 6.45) is 1.61. The van der Waals surface area contributed by atoms with E-state index in [1.165, 1.54) is 0 Å². The summed E-state index contributed by atoms with van der Waals surface area (Å²) in [7, 11) is 1.85. The van der Waals surface area contributed by atoms with Gasteiger partial charge in [0.15, 0.2) is 0 Å². The molecule has 0 saturated heterocycles. The van der Waals surface area contributed by atoms with E-state index in [2.05, 4.69) is 26.2 Å². The van der Waals surface area contributed by atoms with E-state index in [0.29, 0.717) is 21.7 Å². The standard InChI is InChI=1S/C11H9BrCl3N3/c1-18-8(13)4-17-9(18)5-16-7-3-2-6(12)10(14)11(7)15/h2-4,16H,5H2,1H3. The van der Waals surface area contributed by atoms with Gasteiger partial charge in [0.2, 0.25) is 0 Å². The van der Waals surface area contributed by atoms with E-state index in [1.54, 1.807) is 10.8 Å². The Morgan fingerprint density at radius 3 is 2.61 bits per heavy atom. The highest BCUT2D eigenvalue weighted by Crippen LogP contribution is 2.35. The Kier molecular flexibility index (Phi) is 4.43. The molecule has 0 aliphatic heterocycles. The third kappa shape index (κ3) is 2.77. The fourth-order valence-corrected chi connectivity index (χ4v) is 2.41. The molecule has 0 aliphatic carbocycles. The van der Waals surface area contributed by atoms with E-state index >= 15 is 0 Å². The van der Waals surface area contributed by atoms with E-state index in [4.69, 9.17) is 34.8 Å². The molecule has 1 N–H and O–H groups in total. The van der Waals surface area contributed by atoms with Crippen LogP contribution >= 0.6 is 50.7 Å². The topological polar surface area (TPSA) is 29.9 Å². The maximum atomic E-state index is 6.13. The maximum absolute atomic E-state index is 6.13. The summed E-state index contributed by atoms with van der Waals surface area (Å²) in [6.45, 7) is 0.515. The summed E-state index contributed by atoms with van der Waals surface area (Å²) < 4.78 is 2.56. The second-order valence-electron chi connectivity index (χ2n) is 3.63. The van der Waals surface area contributed by atoms with E-state index in [-0.39, 0.29) is 0 Å². The molecule has 0 amide bonds. The first-order valence-electron chi connectivity index (χ1n) is 5.04. The zero-order valence-electron chi connectivity index (χ0n) is 9.35. The average Bonchev–Trinajstić information content (AvgIpc) is 2.67. The van der Waals surface area contributed by atoms with Crippen molar-refractivity contribution in [1.82, 2.24) is 9.55 Å². The minimum atomic E-state index is 0.478. The van der Waals surface area contributed by atoms with Crippen LogP contribution in [0.1, 0.15) is 5.82 Å². The normalized spacial score (nSPS) is 10.7. The number of hydrogen-bond acceptors (Lipinski definition) is 2. The molecule has 1 heterocycles. The van der Waals surface area contributed by atoms with Crippen molar-refractivity contribution in [3.63, 3.8) is 0 Å².